The third-order valence-electron chi connectivity index (χ3n) is 4.56. The van der Waals surface area contributed by atoms with E-state index in [-0.39, 0.29) is 30.3 Å². The second-order valence-corrected chi connectivity index (χ2v) is 6.51. The fraction of sp³-hybridized carbons (Fsp3) is 0.500. The number of nitrogens with one attached hydrogen (secondary N) is 1. The van der Waals surface area contributed by atoms with Crippen LogP contribution < -0.4 is 5.32 Å². The van der Waals surface area contributed by atoms with Crippen molar-refractivity contribution in [3.63, 3.8) is 0 Å². The first-order valence-electron chi connectivity index (χ1n) is 7.41. The Labute approximate surface area is 129 Å². The number of benzene rings is 1. The van der Waals surface area contributed by atoms with E-state index >= 15 is 0 Å². The van der Waals surface area contributed by atoms with Crippen LogP contribution in [0.2, 0.25) is 5.02 Å². The Morgan fingerprint density at radius 2 is 1.81 bits per heavy atom. The summed E-state index contributed by atoms with van der Waals surface area (Å²) in [6.45, 7) is 2.39. The summed E-state index contributed by atoms with van der Waals surface area (Å²) >= 11 is 5.84. The highest BCUT2D eigenvalue weighted by Gasteiger charge is 2.49. The molecule has 5 heteroatoms. The van der Waals surface area contributed by atoms with E-state index in [2.05, 4.69) is 12.2 Å². The van der Waals surface area contributed by atoms with E-state index < -0.39 is 0 Å². The van der Waals surface area contributed by atoms with Gasteiger partial charge < -0.3 is 5.32 Å². The van der Waals surface area contributed by atoms with E-state index in [9.17, 15) is 9.59 Å². The minimum Gasteiger partial charge on any atom is -0.367 e. The highest BCUT2D eigenvalue weighted by molar-refractivity contribution is 6.30. The molecule has 1 N–H and O–H groups in total. The van der Waals surface area contributed by atoms with Crippen LogP contribution in [-0.2, 0) is 9.59 Å². The number of nitrogens with zero attached hydrogens (tertiary/aromatic N) is 1. The van der Waals surface area contributed by atoms with Crippen LogP contribution in [0, 0.1) is 17.8 Å². The number of anilines is 1. The predicted octanol–water partition coefficient (Wildman–Crippen LogP) is 3.13. The topological polar surface area (TPSA) is 49.4 Å². The average molecular weight is 307 g/mol. The highest BCUT2D eigenvalue weighted by atomic mass is 35.5. The van der Waals surface area contributed by atoms with Crippen LogP contribution in [0.4, 0.5) is 5.69 Å². The summed E-state index contributed by atoms with van der Waals surface area (Å²) < 4.78 is 0. The number of hydrogen-bond acceptors (Lipinski definition) is 3. The first-order valence-corrected chi connectivity index (χ1v) is 7.78. The van der Waals surface area contributed by atoms with Gasteiger partial charge >= 0.3 is 0 Å². The Hall–Kier alpha value is -1.55. The lowest BCUT2D eigenvalue weighted by atomic mass is 9.76. The molecule has 2 fully saturated rings. The summed E-state index contributed by atoms with van der Waals surface area (Å²) in [5.74, 6) is 0.303. The molecule has 0 bridgehead atoms. The van der Waals surface area contributed by atoms with Gasteiger partial charge in [-0.2, -0.15) is 0 Å². The van der Waals surface area contributed by atoms with Gasteiger partial charge in [0.1, 0.15) is 0 Å². The zero-order valence-electron chi connectivity index (χ0n) is 12.0. The molecule has 21 heavy (non-hydrogen) atoms. The van der Waals surface area contributed by atoms with Gasteiger partial charge in [0, 0.05) is 10.7 Å². The number of imide groups is 1. The maximum atomic E-state index is 12.4. The number of hydrogen-bond donors (Lipinski definition) is 1. The number of amides is 2. The van der Waals surface area contributed by atoms with Gasteiger partial charge in [0.05, 0.1) is 18.5 Å². The van der Waals surface area contributed by atoms with Gasteiger partial charge in [-0.15, -0.1) is 0 Å². The Balaban J connectivity index is 1.67. The summed E-state index contributed by atoms with van der Waals surface area (Å²) in [6.07, 6.45) is 2.72. The molecule has 2 aliphatic rings. The van der Waals surface area contributed by atoms with Gasteiger partial charge in [0.2, 0.25) is 11.8 Å². The standard InChI is InChI=1S/C16H19ClN2O2/c1-10-2-7-13-14(8-10)16(21)19(15(13)20)9-18-12-5-3-11(17)4-6-12/h3-6,10,13-14,18H,2,7-9H2,1H3. The van der Waals surface area contributed by atoms with Crippen LogP contribution >= 0.6 is 11.6 Å². The van der Waals surface area contributed by atoms with Crippen molar-refractivity contribution >= 4 is 29.1 Å². The van der Waals surface area contributed by atoms with Crippen molar-refractivity contribution in [1.82, 2.24) is 4.90 Å². The molecule has 1 aromatic carbocycles. The first-order chi connectivity index (χ1) is 10.1. The van der Waals surface area contributed by atoms with Crippen molar-refractivity contribution in [2.24, 2.45) is 17.8 Å². The molecule has 0 aromatic heterocycles. The maximum absolute atomic E-state index is 12.4. The molecule has 0 radical (unpaired) electrons. The molecule has 2 amide bonds. The summed E-state index contributed by atoms with van der Waals surface area (Å²) in [7, 11) is 0. The van der Waals surface area contributed by atoms with Gasteiger partial charge in [-0.1, -0.05) is 18.5 Å². The van der Waals surface area contributed by atoms with Crippen molar-refractivity contribution < 1.29 is 9.59 Å². The molecule has 3 atom stereocenters. The largest absolute Gasteiger partial charge is 0.367 e. The average Bonchev–Trinajstić information content (AvgIpc) is 2.70. The predicted molar refractivity (Wildman–Crippen MR) is 81.8 cm³/mol. The molecule has 1 aromatic rings. The third kappa shape index (κ3) is 2.77. The molecule has 1 saturated carbocycles. The van der Waals surface area contributed by atoms with E-state index in [1.807, 2.05) is 12.1 Å². The van der Waals surface area contributed by atoms with Crippen molar-refractivity contribution in [2.45, 2.75) is 26.2 Å². The molecule has 1 aliphatic carbocycles. The zero-order valence-corrected chi connectivity index (χ0v) is 12.8. The first kappa shape index (κ1) is 14.4. The van der Waals surface area contributed by atoms with Gasteiger partial charge in [-0.25, -0.2) is 0 Å². The van der Waals surface area contributed by atoms with Crippen LogP contribution in [-0.4, -0.2) is 23.4 Å². The SMILES string of the molecule is CC1CCC2C(=O)N(CNc3ccc(Cl)cc3)C(=O)C2C1. The number of likely N-dealkylation sites (tertiary alicyclic amines) is 1. The van der Waals surface area contributed by atoms with E-state index in [0.717, 1.165) is 24.9 Å². The second kappa shape index (κ2) is 5.68. The monoisotopic (exact) mass is 306 g/mol. The number of fused-ring (bicyclic) bond motifs is 1. The van der Waals surface area contributed by atoms with E-state index in [4.69, 9.17) is 11.6 Å². The van der Waals surface area contributed by atoms with Crippen molar-refractivity contribution in [3.05, 3.63) is 29.3 Å². The quantitative estimate of drug-likeness (QED) is 0.873. The van der Waals surface area contributed by atoms with Crippen molar-refractivity contribution in [3.8, 4) is 0 Å². The van der Waals surface area contributed by atoms with Crippen molar-refractivity contribution in [2.75, 3.05) is 12.0 Å². The Morgan fingerprint density at radius 1 is 1.14 bits per heavy atom. The molecule has 3 rings (SSSR count). The number of rotatable bonds is 3. The fourth-order valence-corrected chi connectivity index (χ4v) is 3.48. The summed E-state index contributed by atoms with van der Waals surface area (Å²) in [4.78, 5) is 26.2. The Kier molecular flexibility index (Phi) is 3.89. The number of halogens is 1. The maximum Gasteiger partial charge on any atom is 0.234 e. The van der Waals surface area contributed by atoms with Gasteiger partial charge in [0.25, 0.3) is 0 Å². The van der Waals surface area contributed by atoms with Crippen LogP contribution in [0.1, 0.15) is 26.2 Å². The molecule has 4 nitrogen and oxygen atoms in total. The minimum atomic E-state index is -0.103. The minimum absolute atomic E-state index is 0.0154. The van der Waals surface area contributed by atoms with Crippen LogP contribution in [0.25, 0.3) is 0 Å². The molecule has 1 aliphatic heterocycles. The van der Waals surface area contributed by atoms with Gasteiger partial charge in [-0.05, 0) is 49.4 Å². The van der Waals surface area contributed by atoms with Gasteiger partial charge in [-0.3, -0.25) is 14.5 Å². The highest BCUT2D eigenvalue weighted by Crippen LogP contribution is 2.40. The van der Waals surface area contributed by atoms with Crippen molar-refractivity contribution in [1.29, 1.82) is 0 Å². The molecule has 112 valence electrons. The smallest absolute Gasteiger partial charge is 0.234 e. The van der Waals surface area contributed by atoms with E-state index in [1.54, 1.807) is 12.1 Å². The van der Waals surface area contributed by atoms with E-state index in [1.165, 1.54) is 4.90 Å². The summed E-state index contributed by atoms with van der Waals surface area (Å²) in [6, 6.07) is 7.23. The molecule has 1 saturated heterocycles. The summed E-state index contributed by atoms with van der Waals surface area (Å²) in [5.41, 5.74) is 0.850. The van der Waals surface area contributed by atoms with E-state index in [0.29, 0.717) is 10.9 Å². The Morgan fingerprint density at radius 3 is 2.52 bits per heavy atom. The molecule has 3 unspecified atom stereocenters. The normalized spacial score (nSPS) is 28.7. The van der Waals surface area contributed by atoms with Crippen LogP contribution in [0.15, 0.2) is 24.3 Å². The summed E-state index contributed by atoms with van der Waals surface area (Å²) in [5, 5.41) is 3.78. The lowest BCUT2D eigenvalue weighted by Gasteiger charge is -2.25. The molecular formula is C16H19ClN2O2. The number of carbonyl (C=O) groups excluding carboxylic acids is 2. The zero-order chi connectivity index (χ0) is 15.0. The lowest BCUT2D eigenvalue weighted by Crippen LogP contribution is -2.35. The fourth-order valence-electron chi connectivity index (χ4n) is 3.35. The van der Waals surface area contributed by atoms with Crippen LogP contribution in [0.5, 0.6) is 0 Å². The third-order valence-corrected chi connectivity index (χ3v) is 4.82. The molecule has 1 heterocycles. The van der Waals surface area contributed by atoms with Gasteiger partial charge in [0.15, 0.2) is 0 Å². The van der Waals surface area contributed by atoms with Crippen LogP contribution in [0.3, 0.4) is 0 Å². The Bertz CT molecular complexity index is 558. The second-order valence-electron chi connectivity index (χ2n) is 6.08. The molecular weight excluding hydrogens is 288 g/mol. The molecule has 0 spiro atoms. The number of carbonyl (C=O) groups is 2. The lowest BCUT2D eigenvalue weighted by molar-refractivity contribution is -0.139.